The van der Waals surface area contributed by atoms with Gasteiger partial charge in [-0.3, -0.25) is 9.59 Å². The Morgan fingerprint density at radius 2 is 1.52 bits per heavy atom. The molecule has 1 saturated heterocycles. The number of aliphatic imine (C=N–C) groups is 3. The number of nitrogens with one attached hydrogen (secondary N) is 1. The first kappa shape index (κ1) is 51.7. The van der Waals surface area contributed by atoms with Crippen LogP contribution in [0.2, 0.25) is 0 Å². The Labute approximate surface area is 405 Å². The Balaban J connectivity index is 0.00000793. The van der Waals surface area contributed by atoms with Gasteiger partial charge >= 0.3 is 35.0 Å². The number of carbonyl (C=O) groups is 2. The molecule has 0 aromatic carbocycles. The van der Waals surface area contributed by atoms with Gasteiger partial charge < -0.3 is 19.9 Å². The van der Waals surface area contributed by atoms with Gasteiger partial charge in [0, 0.05) is 40.8 Å². The van der Waals surface area contributed by atoms with Crippen molar-refractivity contribution in [2.75, 3.05) is 13.7 Å². The van der Waals surface area contributed by atoms with Crippen molar-refractivity contribution in [2.24, 2.45) is 50.5 Å². The van der Waals surface area contributed by atoms with Gasteiger partial charge in [-0.2, -0.15) is 0 Å². The zero-order chi connectivity index (χ0) is 46.4. The minimum atomic E-state index is -1.19. The van der Waals surface area contributed by atoms with E-state index in [9.17, 15) is 14.7 Å². The summed E-state index contributed by atoms with van der Waals surface area (Å²) in [4.78, 5) is 42.3. The summed E-state index contributed by atoms with van der Waals surface area (Å²) in [7, 11) is 1.31. The van der Waals surface area contributed by atoms with Crippen molar-refractivity contribution in [3.63, 3.8) is 0 Å². The average Bonchev–Trinajstić information content (AvgIpc) is 3.99. The second-order valence-electron chi connectivity index (χ2n) is 19.5. The molecule has 5 atom stereocenters. The summed E-state index contributed by atoms with van der Waals surface area (Å²) in [6.45, 7) is 26.1. The summed E-state index contributed by atoms with van der Waals surface area (Å²) < 4.78 is 11.1. The fourth-order valence-corrected chi connectivity index (χ4v) is 10.2. The van der Waals surface area contributed by atoms with Crippen LogP contribution in [0.1, 0.15) is 146 Å². The van der Waals surface area contributed by atoms with Gasteiger partial charge in [0.2, 0.25) is 0 Å². The Hall–Kier alpha value is -4.28. The SMILES string of the molecule is C=CC1=C(C)C2=NC1=CC1=NC(=CC3=C(C)C4=C([O-])[C@@H](C(=O)OC)C(=C5NC(=C2)[C@@H](C)[C@@H]5CCC(=O)OC/C=C(\C)CCC[C@H](C)CCC[C@H](C)CCCC(C)C)C4=N3)C(CC)=C1C.[Mg+2]. The molecule has 1 N–H and O–H groups in total. The van der Waals surface area contributed by atoms with E-state index in [1.807, 2.05) is 44.2 Å². The van der Waals surface area contributed by atoms with Crippen LogP contribution in [0.25, 0.3) is 0 Å². The zero-order valence-electron chi connectivity index (χ0n) is 41.3. The number of fused-ring (bicyclic) bond motifs is 5. The van der Waals surface area contributed by atoms with Gasteiger partial charge in [0.05, 0.1) is 47.3 Å². The molecular formula is C55H73MgN4O5+. The summed E-state index contributed by atoms with van der Waals surface area (Å²) >= 11 is 0. The van der Waals surface area contributed by atoms with Crippen LogP contribution in [-0.2, 0) is 19.1 Å². The molecule has 6 aliphatic rings. The minimum absolute atomic E-state index is 0. The summed E-state index contributed by atoms with van der Waals surface area (Å²) in [5.74, 6) is -0.510. The Kier molecular flexibility index (Phi) is 18.3. The molecule has 344 valence electrons. The van der Waals surface area contributed by atoms with E-state index in [1.54, 1.807) is 0 Å². The first-order valence-electron chi connectivity index (χ1n) is 24.1. The van der Waals surface area contributed by atoms with Crippen molar-refractivity contribution in [2.45, 2.75) is 146 Å². The minimum Gasteiger partial charge on any atom is -0.874 e. The molecule has 6 rings (SSSR count). The van der Waals surface area contributed by atoms with E-state index < -0.39 is 11.9 Å². The monoisotopic (exact) mass is 894 g/mol. The van der Waals surface area contributed by atoms with Crippen molar-refractivity contribution in [3.8, 4) is 0 Å². The van der Waals surface area contributed by atoms with E-state index >= 15 is 0 Å². The molecule has 5 heterocycles. The van der Waals surface area contributed by atoms with Gasteiger partial charge in [0.1, 0.15) is 6.61 Å². The van der Waals surface area contributed by atoms with E-state index in [0.717, 1.165) is 81.9 Å². The van der Waals surface area contributed by atoms with Gasteiger partial charge in [0.15, 0.2) is 0 Å². The summed E-state index contributed by atoms with van der Waals surface area (Å²) in [6.07, 6.45) is 22.5. The number of allylic oxidation sites excluding steroid dienone is 12. The van der Waals surface area contributed by atoms with Crippen molar-refractivity contribution in [1.82, 2.24) is 5.32 Å². The van der Waals surface area contributed by atoms with E-state index in [2.05, 4.69) is 67.3 Å². The molecular weight excluding hydrogens is 821 g/mol. The number of esters is 2. The van der Waals surface area contributed by atoms with E-state index in [4.69, 9.17) is 24.5 Å². The molecule has 0 radical (unpaired) electrons. The first-order chi connectivity index (χ1) is 30.6. The molecule has 65 heavy (non-hydrogen) atoms. The molecule has 1 aliphatic carbocycles. The molecule has 0 aromatic heterocycles. The maximum atomic E-state index is 14.4. The smallest absolute Gasteiger partial charge is 0.874 e. The Bertz CT molecular complexity index is 2300. The van der Waals surface area contributed by atoms with Crippen LogP contribution in [-0.4, -0.2) is 65.8 Å². The van der Waals surface area contributed by atoms with Crippen LogP contribution < -0.4 is 10.4 Å². The van der Waals surface area contributed by atoms with Gasteiger partial charge in [0.25, 0.3) is 0 Å². The molecule has 10 heteroatoms. The first-order valence-corrected chi connectivity index (χ1v) is 24.1. The number of rotatable bonds is 20. The summed E-state index contributed by atoms with van der Waals surface area (Å²) in [5.41, 5.74) is 12.8. The average molecular weight is 895 g/mol. The second kappa shape index (κ2) is 22.9. The molecule has 5 aliphatic heterocycles. The van der Waals surface area contributed by atoms with Crippen molar-refractivity contribution in [3.05, 3.63) is 116 Å². The maximum Gasteiger partial charge on any atom is 2.00 e. The number of methoxy groups -OCH3 is 1. The number of ether oxygens (including phenoxy) is 2. The molecule has 8 bridgehead atoms. The fraction of sp³-hybridized carbons (Fsp3) is 0.545. The largest absolute Gasteiger partial charge is 2.00 e. The van der Waals surface area contributed by atoms with E-state index in [0.29, 0.717) is 46.2 Å². The van der Waals surface area contributed by atoms with Crippen molar-refractivity contribution >= 4 is 52.1 Å². The molecule has 0 amide bonds. The van der Waals surface area contributed by atoms with Gasteiger partial charge in [-0.05, 0) is 123 Å². The number of carbonyl (C=O) groups excluding carboxylic acids is 2. The number of hydrogen-bond acceptors (Lipinski definition) is 9. The topological polar surface area (TPSA) is 125 Å². The number of hydrogen-bond donors (Lipinski definition) is 1. The third-order valence-electron chi connectivity index (χ3n) is 14.3. The normalized spacial score (nSPS) is 22.4. The predicted molar refractivity (Wildman–Crippen MR) is 265 cm³/mol. The van der Waals surface area contributed by atoms with Crippen LogP contribution in [0.15, 0.2) is 131 Å². The molecule has 9 nitrogen and oxygen atoms in total. The fourth-order valence-electron chi connectivity index (χ4n) is 10.2. The Morgan fingerprint density at radius 3 is 2.17 bits per heavy atom. The van der Waals surface area contributed by atoms with Crippen LogP contribution in [0.5, 0.6) is 0 Å². The molecule has 0 spiro atoms. The zero-order valence-corrected chi connectivity index (χ0v) is 42.8. The van der Waals surface area contributed by atoms with Gasteiger partial charge in [-0.15, -0.1) is 5.76 Å². The quantitative estimate of drug-likeness (QED) is 0.0737. The number of nitrogens with zero attached hydrogens (tertiary/aromatic N) is 3. The van der Waals surface area contributed by atoms with Crippen molar-refractivity contribution < 1.29 is 24.2 Å². The third-order valence-corrected chi connectivity index (χ3v) is 14.3. The molecule has 1 fully saturated rings. The third kappa shape index (κ3) is 11.6. The second-order valence-corrected chi connectivity index (χ2v) is 19.5. The summed E-state index contributed by atoms with van der Waals surface area (Å²) in [6, 6.07) is 0. The van der Waals surface area contributed by atoms with Gasteiger partial charge in [-0.25, -0.2) is 15.0 Å². The van der Waals surface area contributed by atoms with Crippen LogP contribution >= 0.6 is 0 Å². The van der Waals surface area contributed by atoms with Crippen LogP contribution in [0, 0.1) is 35.5 Å². The van der Waals surface area contributed by atoms with Gasteiger partial charge in [-0.1, -0.05) is 105 Å². The standard InChI is InChI=1S/C55H74N4O5.Mg/c1-13-39-35(8)42-28-44-37(10)41(24-25-48(60)64-27-26-34(7)23-17-22-33(6)21-16-20-32(5)19-15-18-31(3)4)52(58-44)50-51(55(62)63-12)54(61)49-38(11)45(59-53(49)50)30-47-40(14-2)36(9)43(57-47)29-46(39)56-42;/h13,26,28-33,37,41,51,58,61H,1,14-25,27H2,2-12H3;/q;+2/p-1/b34-26+,44-28?,46-29?,47-30?,52-50?;/t32-,33-,37+,41+,51+;/m1./s1. The Morgan fingerprint density at radius 1 is 0.877 bits per heavy atom. The van der Waals surface area contributed by atoms with Crippen LogP contribution in [0.4, 0.5) is 0 Å². The predicted octanol–water partition coefficient (Wildman–Crippen LogP) is 11.4. The van der Waals surface area contributed by atoms with E-state index in [-0.39, 0.29) is 59.6 Å². The molecule has 0 aromatic rings. The van der Waals surface area contributed by atoms with Crippen molar-refractivity contribution in [1.29, 1.82) is 0 Å². The molecule has 0 saturated carbocycles. The van der Waals surface area contributed by atoms with Crippen LogP contribution in [0.3, 0.4) is 0 Å². The van der Waals surface area contributed by atoms with E-state index in [1.165, 1.54) is 57.6 Å². The maximum absolute atomic E-state index is 14.4. The molecule has 0 unspecified atom stereocenters. The summed E-state index contributed by atoms with van der Waals surface area (Å²) in [5, 5.41) is 18.0.